The highest BCUT2D eigenvalue weighted by atomic mass is 16.7. The summed E-state index contributed by atoms with van der Waals surface area (Å²) in [6, 6.07) is 0. The number of rotatable bonds is 7. The van der Waals surface area contributed by atoms with Gasteiger partial charge < -0.3 is 14.2 Å². The highest BCUT2D eigenvalue weighted by Gasteiger charge is 2.69. The zero-order valence-corrected chi connectivity index (χ0v) is 25.8. The smallest absolute Gasteiger partial charge is 0.306 e. The molecule has 2 saturated heterocycles. The molecule has 4 heteroatoms. The number of carbonyl (C=O) groups is 1. The Bertz CT molecular complexity index is 878. The highest BCUT2D eigenvalue weighted by Crippen LogP contribution is 2.71. The van der Waals surface area contributed by atoms with Gasteiger partial charge >= 0.3 is 5.97 Å². The number of unbranched alkanes of at least 4 members (excludes halogenated alkanes) is 4. The van der Waals surface area contributed by atoms with E-state index in [1.54, 1.807) is 0 Å². The van der Waals surface area contributed by atoms with Gasteiger partial charge in [-0.3, -0.25) is 4.79 Å². The van der Waals surface area contributed by atoms with Gasteiger partial charge in [-0.2, -0.15) is 0 Å². The molecule has 6 aliphatic rings. The first kappa shape index (κ1) is 28.5. The Morgan fingerprint density at radius 3 is 2.44 bits per heavy atom. The third-order valence-electron chi connectivity index (χ3n) is 13.7. The molecule has 0 aromatic heterocycles. The topological polar surface area (TPSA) is 44.8 Å². The van der Waals surface area contributed by atoms with Crippen molar-refractivity contribution < 1.29 is 19.0 Å². The second-order valence-electron chi connectivity index (χ2n) is 15.7. The van der Waals surface area contributed by atoms with Gasteiger partial charge in [0.05, 0.1) is 12.7 Å². The van der Waals surface area contributed by atoms with Crippen molar-refractivity contribution in [1.29, 1.82) is 0 Å². The quantitative estimate of drug-likeness (QED) is 0.238. The molecule has 0 bridgehead atoms. The van der Waals surface area contributed by atoms with Crippen molar-refractivity contribution in [3.05, 3.63) is 0 Å². The van der Waals surface area contributed by atoms with Gasteiger partial charge in [-0.1, -0.05) is 60.3 Å². The van der Waals surface area contributed by atoms with Crippen LogP contribution in [-0.4, -0.2) is 30.6 Å². The molecule has 222 valence electrons. The van der Waals surface area contributed by atoms with E-state index in [-0.39, 0.29) is 17.9 Å². The van der Waals surface area contributed by atoms with E-state index in [4.69, 9.17) is 14.2 Å². The number of esters is 1. The molecule has 4 nitrogen and oxygen atoms in total. The van der Waals surface area contributed by atoms with Crippen LogP contribution in [0.25, 0.3) is 0 Å². The molecule has 2 heterocycles. The molecule has 6 fully saturated rings. The van der Waals surface area contributed by atoms with Gasteiger partial charge in [0.2, 0.25) is 0 Å². The molecule has 2 aliphatic heterocycles. The van der Waals surface area contributed by atoms with E-state index in [0.29, 0.717) is 41.1 Å². The van der Waals surface area contributed by atoms with Crippen LogP contribution in [0.1, 0.15) is 137 Å². The van der Waals surface area contributed by atoms with Gasteiger partial charge in [-0.05, 0) is 111 Å². The lowest BCUT2D eigenvalue weighted by atomic mass is 9.44. The van der Waals surface area contributed by atoms with E-state index in [1.165, 1.54) is 64.2 Å². The first-order chi connectivity index (χ1) is 18.7. The fourth-order valence-electron chi connectivity index (χ4n) is 11.5. The maximum atomic E-state index is 12.6. The van der Waals surface area contributed by atoms with Crippen LogP contribution in [0, 0.1) is 52.3 Å². The normalized spacial score (nSPS) is 50.6. The Balaban J connectivity index is 1.07. The van der Waals surface area contributed by atoms with Crippen molar-refractivity contribution in [2.75, 3.05) is 6.61 Å². The van der Waals surface area contributed by atoms with Crippen LogP contribution >= 0.6 is 0 Å². The van der Waals surface area contributed by atoms with E-state index in [1.807, 2.05) is 0 Å². The zero-order valence-electron chi connectivity index (χ0n) is 25.8. The lowest BCUT2D eigenvalue weighted by Crippen LogP contribution is -2.55. The van der Waals surface area contributed by atoms with Crippen LogP contribution in [0.5, 0.6) is 0 Å². The molecule has 0 amide bonds. The van der Waals surface area contributed by atoms with Gasteiger partial charge in [-0.15, -0.1) is 0 Å². The average molecular weight is 543 g/mol. The predicted octanol–water partition coefficient (Wildman–Crippen LogP) is 8.71. The van der Waals surface area contributed by atoms with Crippen molar-refractivity contribution in [1.82, 2.24) is 0 Å². The maximum Gasteiger partial charge on any atom is 0.306 e. The van der Waals surface area contributed by atoms with Gasteiger partial charge in [0.1, 0.15) is 6.10 Å². The summed E-state index contributed by atoms with van der Waals surface area (Å²) in [5.74, 6) is 4.77. The van der Waals surface area contributed by atoms with Crippen LogP contribution in [0.3, 0.4) is 0 Å². The lowest BCUT2D eigenvalue weighted by Gasteiger charge is -2.61. The third-order valence-corrected chi connectivity index (χ3v) is 13.7. The molecule has 9 unspecified atom stereocenters. The minimum atomic E-state index is -0.304. The Labute approximate surface area is 239 Å². The van der Waals surface area contributed by atoms with Gasteiger partial charge in [0.15, 0.2) is 5.79 Å². The Kier molecular flexibility index (Phi) is 7.97. The second-order valence-corrected chi connectivity index (χ2v) is 15.7. The van der Waals surface area contributed by atoms with E-state index < -0.39 is 0 Å². The van der Waals surface area contributed by atoms with Crippen LogP contribution in [0.2, 0.25) is 0 Å². The van der Waals surface area contributed by atoms with E-state index in [0.717, 1.165) is 62.4 Å². The number of hydrogen-bond acceptors (Lipinski definition) is 4. The molecule has 4 aliphatic carbocycles. The molecule has 1 spiro atoms. The lowest BCUT2D eigenvalue weighted by molar-refractivity contribution is -0.273. The van der Waals surface area contributed by atoms with E-state index in [9.17, 15) is 4.79 Å². The predicted molar refractivity (Wildman–Crippen MR) is 155 cm³/mol. The summed E-state index contributed by atoms with van der Waals surface area (Å²) in [6.45, 7) is 13.2. The number of fused-ring (bicyclic) bond motifs is 7. The molecule has 6 rings (SSSR count). The molecule has 0 aromatic rings. The molecule has 0 N–H and O–H groups in total. The summed E-state index contributed by atoms with van der Waals surface area (Å²) >= 11 is 0. The monoisotopic (exact) mass is 542 g/mol. The van der Waals surface area contributed by atoms with E-state index in [2.05, 4.69) is 34.6 Å². The average Bonchev–Trinajstić information content (AvgIpc) is 3.36. The van der Waals surface area contributed by atoms with Crippen LogP contribution in [0.4, 0.5) is 0 Å². The summed E-state index contributed by atoms with van der Waals surface area (Å²) in [4.78, 5) is 12.6. The Morgan fingerprint density at radius 1 is 0.872 bits per heavy atom. The fraction of sp³-hybridized carbons (Fsp3) is 0.971. The molecule has 4 saturated carbocycles. The van der Waals surface area contributed by atoms with Crippen molar-refractivity contribution in [2.45, 2.75) is 155 Å². The molecule has 0 radical (unpaired) electrons. The summed E-state index contributed by atoms with van der Waals surface area (Å²) in [7, 11) is 0. The van der Waals surface area contributed by atoms with Crippen molar-refractivity contribution >= 4 is 5.97 Å². The van der Waals surface area contributed by atoms with E-state index >= 15 is 0 Å². The third kappa shape index (κ3) is 4.84. The van der Waals surface area contributed by atoms with Crippen molar-refractivity contribution in [3.8, 4) is 0 Å². The standard InChI is InChI=1S/C35H58O4/c1-6-7-8-9-10-11-31(36)38-26-15-17-33(4)25(20-26)12-13-27-28(33)16-18-34(5)29(27)21-30-32(34)24(3)35(39-30)19-14-23(2)22-37-35/h23-30,32H,6-22H2,1-5H3/t23?,24?,25?,26-,27?,28?,29?,30?,32?,33+,34+,35?/m1/s1. The summed E-state index contributed by atoms with van der Waals surface area (Å²) in [5, 5.41) is 0. The summed E-state index contributed by atoms with van der Waals surface area (Å²) in [5.41, 5.74) is 0.815. The van der Waals surface area contributed by atoms with Crippen molar-refractivity contribution in [3.63, 3.8) is 0 Å². The second kappa shape index (κ2) is 10.9. The first-order valence-corrected chi connectivity index (χ1v) is 17.2. The number of ether oxygens (including phenoxy) is 3. The molecule has 0 aromatic carbocycles. The SMILES string of the molecule is CCCCCCCC(=O)O[C@@H]1CC[C@@]2(C)C(CCC3C2CC[C@@]2(C)C3CC3OC4(CCC(C)CO4)C(C)C32)C1. The summed E-state index contributed by atoms with van der Waals surface area (Å²) < 4.78 is 19.6. The van der Waals surface area contributed by atoms with Gasteiger partial charge in [0, 0.05) is 18.8 Å². The number of carbonyl (C=O) groups excluding carboxylic acids is 1. The molecular formula is C35H58O4. The largest absolute Gasteiger partial charge is 0.462 e. The minimum absolute atomic E-state index is 0.0583. The first-order valence-electron chi connectivity index (χ1n) is 17.2. The maximum absolute atomic E-state index is 12.6. The molecule has 39 heavy (non-hydrogen) atoms. The van der Waals surface area contributed by atoms with Crippen molar-refractivity contribution in [2.24, 2.45) is 52.3 Å². The molecule has 12 atom stereocenters. The minimum Gasteiger partial charge on any atom is -0.462 e. The van der Waals surface area contributed by atoms with Gasteiger partial charge in [-0.25, -0.2) is 0 Å². The number of hydrogen-bond donors (Lipinski definition) is 0. The van der Waals surface area contributed by atoms with Crippen LogP contribution < -0.4 is 0 Å². The van der Waals surface area contributed by atoms with Crippen LogP contribution in [0.15, 0.2) is 0 Å². The highest BCUT2D eigenvalue weighted by molar-refractivity contribution is 5.69. The van der Waals surface area contributed by atoms with Crippen LogP contribution in [-0.2, 0) is 19.0 Å². The van der Waals surface area contributed by atoms with Gasteiger partial charge in [0.25, 0.3) is 0 Å². The summed E-state index contributed by atoms with van der Waals surface area (Å²) in [6.07, 6.45) is 19.5. The Morgan fingerprint density at radius 2 is 1.67 bits per heavy atom. The fourth-order valence-corrected chi connectivity index (χ4v) is 11.5. The molecular weight excluding hydrogens is 484 g/mol. The Hall–Kier alpha value is -0.610. The zero-order chi connectivity index (χ0) is 27.4.